The van der Waals surface area contributed by atoms with Crippen LogP contribution in [-0.2, 0) is 14.8 Å². The van der Waals surface area contributed by atoms with Crippen molar-refractivity contribution in [1.29, 1.82) is 0 Å². The van der Waals surface area contributed by atoms with Gasteiger partial charge in [0.05, 0.1) is 10.9 Å². The van der Waals surface area contributed by atoms with E-state index in [1.165, 1.54) is 16.1 Å². The molecule has 1 heterocycles. The van der Waals surface area contributed by atoms with Gasteiger partial charge in [-0.25, -0.2) is 8.42 Å². The second-order valence-electron chi connectivity index (χ2n) is 6.08. The molecule has 0 aliphatic carbocycles. The van der Waals surface area contributed by atoms with Crippen molar-refractivity contribution < 1.29 is 13.2 Å². The summed E-state index contributed by atoms with van der Waals surface area (Å²) < 4.78 is 27.9. The lowest BCUT2D eigenvalue weighted by atomic mass is 10.0. The molecule has 0 bridgehead atoms. The highest BCUT2D eigenvalue weighted by molar-refractivity contribution is 8.14. The van der Waals surface area contributed by atoms with E-state index in [0.29, 0.717) is 11.3 Å². The lowest BCUT2D eigenvalue weighted by Crippen LogP contribution is -2.33. The first kappa shape index (κ1) is 18.9. The number of thioether (sulfide) groups is 1. The molecule has 0 N–H and O–H groups in total. The number of nitrogens with zero attached hydrogens (tertiary/aromatic N) is 1. The summed E-state index contributed by atoms with van der Waals surface area (Å²) in [6.45, 7) is 4.02. The van der Waals surface area contributed by atoms with Crippen LogP contribution < -0.4 is 0 Å². The van der Waals surface area contributed by atoms with E-state index < -0.39 is 16.1 Å². The first-order chi connectivity index (χ1) is 12.4. The van der Waals surface area contributed by atoms with Gasteiger partial charge >= 0.3 is 0 Å². The Labute approximate surface area is 159 Å². The molecule has 4 nitrogen and oxygen atoms in total. The zero-order valence-corrected chi connectivity index (χ0v) is 16.4. The molecule has 2 aromatic carbocycles. The molecule has 0 aromatic heterocycles. The fourth-order valence-electron chi connectivity index (χ4n) is 3.03. The van der Waals surface area contributed by atoms with Crippen molar-refractivity contribution in [3.63, 3.8) is 0 Å². The Balaban J connectivity index is 2.03. The highest BCUT2D eigenvalue weighted by Gasteiger charge is 2.40. The molecule has 0 radical (unpaired) electrons. The molecule has 0 unspecified atom stereocenters. The number of benzene rings is 2. The van der Waals surface area contributed by atoms with Gasteiger partial charge in [0.1, 0.15) is 0 Å². The monoisotopic (exact) mass is 387 g/mol. The number of hydrogen-bond donors (Lipinski definition) is 0. The first-order valence-electron chi connectivity index (χ1n) is 8.45. The largest absolute Gasteiger partial charge is 0.282 e. The quantitative estimate of drug-likeness (QED) is 0.780. The average molecular weight is 388 g/mol. The van der Waals surface area contributed by atoms with Crippen molar-refractivity contribution >= 4 is 26.9 Å². The number of hydrogen-bond acceptors (Lipinski definition) is 4. The van der Waals surface area contributed by atoms with Crippen LogP contribution in [0.3, 0.4) is 0 Å². The second kappa shape index (κ2) is 7.78. The minimum Gasteiger partial charge on any atom is -0.282 e. The van der Waals surface area contributed by atoms with Crippen molar-refractivity contribution in [3.8, 4) is 0 Å². The predicted molar refractivity (Wildman–Crippen MR) is 105 cm³/mol. The summed E-state index contributed by atoms with van der Waals surface area (Å²) in [7, 11) is -3.71. The topological polar surface area (TPSA) is 54.5 Å². The molecule has 0 fully saturated rings. The molecule has 0 amide bonds. The Hall–Kier alpha value is -1.89. The first-order valence-corrected chi connectivity index (χ1v) is 10.9. The van der Waals surface area contributed by atoms with Gasteiger partial charge in [-0.1, -0.05) is 72.8 Å². The number of carbonyl (C=O) groups is 1. The minimum atomic E-state index is -3.71. The van der Waals surface area contributed by atoms with Gasteiger partial charge in [0.15, 0.2) is 0 Å². The van der Waals surface area contributed by atoms with Gasteiger partial charge in [-0.15, -0.1) is 0 Å². The van der Waals surface area contributed by atoms with Gasteiger partial charge in [0, 0.05) is 12.1 Å². The minimum absolute atomic E-state index is 0.0667. The van der Waals surface area contributed by atoms with Crippen LogP contribution in [0, 0.1) is 6.92 Å². The molecule has 1 atom stereocenters. The van der Waals surface area contributed by atoms with Crippen molar-refractivity contribution in [2.45, 2.75) is 24.8 Å². The van der Waals surface area contributed by atoms with Crippen LogP contribution in [0.2, 0.25) is 0 Å². The molecule has 0 saturated heterocycles. The van der Waals surface area contributed by atoms with Gasteiger partial charge in [-0.3, -0.25) is 4.79 Å². The molecule has 3 rings (SSSR count). The molecular formula is C20H21NO3S2. The summed E-state index contributed by atoms with van der Waals surface area (Å²) in [4.78, 5) is 12.8. The lowest BCUT2D eigenvalue weighted by molar-refractivity contribution is -0.108. The zero-order chi connectivity index (χ0) is 18.7. The Bertz CT molecular complexity index is 919. The summed E-state index contributed by atoms with van der Waals surface area (Å²) in [5.41, 5.74) is 2.34. The Morgan fingerprint density at radius 2 is 1.77 bits per heavy atom. The Morgan fingerprint density at radius 1 is 1.12 bits per heavy atom. The maximum Gasteiger partial charge on any atom is 0.244 e. The van der Waals surface area contributed by atoms with Crippen molar-refractivity contribution in [2.24, 2.45) is 0 Å². The SMILES string of the molecule is CCSC(=O)C1=CCN(S(=O)(=O)c2ccc(C)cc2)[C@H]1c1ccccc1. The standard InChI is InChI=1S/C20H21NO3S2/c1-3-25-20(22)18-13-14-21(19(18)16-7-5-4-6-8-16)26(23,24)17-11-9-15(2)10-12-17/h4-13,19H,3,14H2,1-2H3/t19-/m0/s1. The number of carbonyl (C=O) groups excluding carboxylic acids is 1. The van der Waals surface area contributed by atoms with Gasteiger partial charge < -0.3 is 0 Å². The molecule has 2 aromatic rings. The van der Waals surface area contributed by atoms with Crippen LogP contribution in [0.5, 0.6) is 0 Å². The highest BCUT2D eigenvalue weighted by Crippen LogP contribution is 2.39. The van der Waals surface area contributed by atoms with E-state index in [1.807, 2.05) is 44.2 Å². The van der Waals surface area contributed by atoms with Crippen molar-refractivity contribution in [1.82, 2.24) is 4.31 Å². The Kier molecular flexibility index (Phi) is 5.65. The van der Waals surface area contributed by atoms with E-state index in [9.17, 15) is 13.2 Å². The molecule has 1 aliphatic heterocycles. The molecular weight excluding hydrogens is 366 g/mol. The van der Waals surface area contributed by atoms with E-state index in [1.54, 1.807) is 30.3 Å². The summed E-state index contributed by atoms with van der Waals surface area (Å²) in [5, 5.41) is -0.0667. The van der Waals surface area contributed by atoms with Crippen LogP contribution in [0.4, 0.5) is 0 Å². The third kappa shape index (κ3) is 3.63. The van der Waals surface area contributed by atoms with Gasteiger partial charge in [-0.2, -0.15) is 4.31 Å². The van der Waals surface area contributed by atoms with Gasteiger partial charge in [-0.05, 0) is 30.4 Å². The van der Waals surface area contributed by atoms with Crippen LogP contribution in [0.15, 0.2) is 71.1 Å². The second-order valence-corrected chi connectivity index (χ2v) is 9.21. The van der Waals surface area contributed by atoms with E-state index >= 15 is 0 Å². The van der Waals surface area contributed by atoms with Gasteiger partial charge in [0.25, 0.3) is 0 Å². The average Bonchev–Trinajstić information content (AvgIpc) is 3.09. The van der Waals surface area contributed by atoms with Crippen LogP contribution in [-0.4, -0.2) is 30.1 Å². The molecule has 1 aliphatic rings. The number of aryl methyl sites for hydroxylation is 1. The van der Waals surface area contributed by atoms with Crippen LogP contribution >= 0.6 is 11.8 Å². The van der Waals surface area contributed by atoms with E-state index in [4.69, 9.17) is 0 Å². The van der Waals surface area contributed by atoms with Crippen LogP contribution in [0.25, 0.3) is 0 Å². The van der Waals surface area contributed by atoms with E-state index in [2.05, 4.69) is 0 Å². The number of rotatable bonds is 5. The summed E-state index contributed by atoms with van der Waals surface area (Å²) >= 11 is 1.21. The normalized spacial score (nSPS) is 17.9. The lowest BCUT2D eigenvalue weighted by Gasteiger charge is -2.26. The smallest absolute Gasteiger partial charge is 0.244 e. The molecule has 26 heavy (non-hydrogen) atoms. The molecule has 6 heteroatoms. The van der Waals surface area contributed by atoms with Crippen molar-refractivity contribution in [2.75, 3.05) is 12.3 Å². The third-order valence-corrected chi connectivity index (χ3v) is 6.96. The number of sulfonamides is 1. The summed E-state index contributed by atoms with van der Waals surface area (Å²) in [6.07, 6.45) is 1.74. The van der Waals surface area contributed by atoms with E-state index in [-0.39, 0.29) is 16.6 Å². The molecule has 0 spiro atoms. The molecule has 136 valence electrons. The summed E-state index contributed by atoms with van der Waals surface area (Å²) in [5.74, 6) is 0.655. The summed E-state index contributed by atoms with van der Waals surface area (Å²) in [6, 6.07) is 15.5. The van der Waals surface area contributed by atoms with E-state index in [0.717, 1.165) is 11.1 Å². The predicted octanol–water partition coefficient (Wildman–Crippen LogP) is 3.95. The van der Waals surface area contributed by atoms with Crippen LogP contribution in [0.1, 0.15) is 24.1 Å². The fraction of sp³-hybridized carbons (Fsp3) is 0.250. The molecule has 0 saturated carbocycles. The highest BCUT2D eigenvalue weighted by atomic mass is 32.2. The maximum absolute atomic E-state index is 13.2. The fourth-order valence-corrected chi connectivity index (χ4v) is 5.19. The zero-order valence-electron chi connectivity index (χ0n) is 14.8. The third-order valence-electron chi connectivity index (χ3n) is 4.33. The van der Waals surface area contributed by atoms with Crippen molar-refractivity contribution in [3.05, 3.63) is 77.4 Å². The van der Waals surface area contributed by atoms with Gasteiger partial charge in [0.2, 0.25) is 15.1 Å². The maximum atomic E-state index is 13.2. The Morgan fingerprint density at radius 3 is 2.38 bits per heavy atom.